The standard InChI is InChI=1S/C10H20N2O3S/c1-15-6-4-12(3-5-13)10(14)9-8-16-7-2-11-9/h9,11,13H,2-8H2,1H3. The lowest BCUT2D eigenvalue weighted by atomic mass is 10.2. The molecule has 1 aliphatic heterocycles. The highest BCUT2D eigenvalue weighted by Crippen LogP contribution is 2.09. The van der Waals surface area contributed by atoms with Crippen LogP contribution in [-0.2, 0) is 9.53 Å². The Hall–Kier alpha value is -0.300. The summed E-state index contributed by atoms with van der Waals surface area (Å²) in [6.45, 7) is 2.29. The second kappa shape index (κ2) is 7.89. The Bertz CT molecular complexity index is 210. The number of nitrogens with one attached hydrogen (secondary N) is 1. The SMILES string of the molecule is COCCN(CCO)C(=O)C1CSCCN1. The van der Waals surface area contributed by atoms with Crippen molar-refractivity contribution in [3.63, 3.8) is 0 Å². The van der Waals surface area contributed by atoms with Crippen LogP contribution in [0.5, 0.6) is 0 Å². The summed E-state index contributed by atoms with van der Waals surface area (Å²) >= 11 is 1.79. The zero-order valence-corrected chi connectivity index (χ0v) is 10.5. The zero-order chi connectivity index (χ0) is 11.8. The van der Waals surface area contributed by atoms with E-state index in [0.29, 0.717) is 19.7 Å². The summed E-state index contributed by atoms with van der Waals surface area (Å²) in [5, 5.41) is 12.1. The summed E-state index contributed by atoms with van der Waals surface area (Å²) in [5.41, 5.74) is 0. The zero-order valence-electron chi connectivity index (χ0n) is 9.65. The first-order valence-electron chi connectivity index (χ1n) is 5.49. The Kier molecular flexibility index (Phi) is 6.79. The molecule has 1 heterocycles. The van der Waals surface area contributed by atoms with Crippen LogP contribution in [0.15, 0.2) is 0 Å². The highest BCUT2D eigenvalue weighted by molar-refractivity contribution is 7.99. The van der Waals surface area contributed by atoms with Crippen LogP contribution in [0.2, 0.25) is 0 Å². The van der Waals surface area contributed by atoms with Gasteiger partial charge < -0.3 is 20.1 Å². The highest BCUT2D eigenvalue weighted by Gasteiger charge is 2.25. The summed E-state index contributed by atoms with van der Waals surface area (Å²) in [6.07, 6.45) is 0. The quantitative estimate of drug-likeness (QED) is 0.642. The predicted molar refractivity (Wildman–Crippen MR) is 64.7 cm³/mol. The van der Waals surface area contributed by atoms with E-state index in [1.807, 2.05) is 0 Å². The number of hydrogen-bond acceptors (Lipinski definition) is 5. The van der Waals surface area contributed by atoms with E-state index in [2.05, 4.69) is 5.32 Å². The van der Waals surface area contributed by atoms with Crippen LogP contribution in [0.1, 0.15) is 0 Å². The van der Waals surface area contributed by atoms with Gasteiger partial charge in [-0.1, -0.05) is 0 Å². The summed E-state index contributed by atoms with van der Waals surface area (Å²) < 4.78 is 4.96. The molecule has 0 aromatic rings. The van der Waals surface area contributed by atoms with Crippen LogP contribution in [-0.4, -0.2) is 73.4 Å². The van der Waals surface area contributed by atoms with Gasteiger partial charge in [0.2, 0.25) is 5.91 Å². The van der Waals surface area contributed by atoms with Gasteiger partial charge in [-0.05, 0) is 0 Å². The summed E-state index contributed by atoms with van der Waals surface area (Å²) in [6, 6.07) is -0.109. The van der Waals surface area contributed by atoms with Crippen LogP contribution in [0.4, 0.5) is 0 Å². The maximum Gasteiger partial charge on any atom is 0.240 e. The maximum absolute atomic E-state index is 12.1. The molecule has 0 saturated carbocycles. The lowest BCUT2D eigenvalue weighted by Crippen LogP contribution is -2.51. The normalized spacial score (nSPS) is 20.8. The number of methoxy groups -OCH3 is 1. The number of carbonyl (C=O) groups is 1. The van der Waals surface area contributed by atoms with Gasteiger partial charge in [0.05, 0.1) is 19.3 Å². The Balaban J connectivity index is 2.44. The number of aliphatic hydroxyl groups is 1. The molecule has 2 N–H and O–H groups in total. The largest absolute Gasteiger partial charge is 0.395 e. The fraction of sp³-hybridized carbons (Fsp3) is 0.900. The number of rotatable bonds is 6. The van der Waals surface area contributed by atoms with Gasteiger partial charge in [-0.25, -0.2) is 0 Å². The van der Waals surface area contributed by atoms with E-state index in [1.54, 1.807) is 23.8 Å². The van der Waals surface area contributed by atoms with Gasteiger partial charge in [-0.3, -0.25) is 4.79 Å². The first-order valence-corrected chi connectivity index (χ1v) is 6.64. The fourth-order valence-corrected chi connectivity index (χ4v) is 2.52. The Morgan fingerprint density at radius 1 is 1.62 bits per heavy atom. The van der Waals surface area contributed by atoms with Crippen LogP contribution < -0.4 is 5.32 Å². The summed E-state index contributed by atoms with van der Waals surface area (Å²) in [7, 11) is 1.61. The highest BCUT2D eigenvalue weighted by atomic mass is 32.2. The molecule has 0 spiro atoms. The molecule has 1 amide bonds. The van der Waals surface area contributed by atoms with Crippen molar-refractivity contribution in [1.82, 2.24) is 10.2 Å². The number of hydrogen-bond donors (Lipinski definition) is 2. The average molecular weight is 248 g/mol. The van der Waals surface area contributed by atoms with Crippen molar-refractivity contribution in [2.24, 2.45) is 0 Å². The molecular weight excluding hydrogens is 228 g/mol. The van der Waals surface area contributed by atoms with Gasteiger partial charge in [0.25, 0.3) is 0 Å². The number of carbonyl (C=O) groups excluding carboxylic acids is 1. The molecule has 0 aromatic carbocycles. The van der Waals surface area contributed by atoms with E-state index < -0.39 is 0 Å². The average Bonchev–Trinajstić information content (AvgIpc) is 2.35. The van der Waals surface area contributed by atoms with Crippen molar-refractivity contribution in [3.8, 4) is 0 Å². The predicted octanol–water partition coefficient (Wildman–Crippen LogP) is -0.841. The molecule has 1 unspecified atom stereocenters. The molecule has 0 aliphatic carbocycles. The van der Waals surface area contributed by atoms with Gasteiger partial charge in [0.15, 0.2) is 0 Å². The van der Waals surface area contributed by atoms with Crippen molar-refractivity contribution in [2.45, 2.75) is 6.04 Å². The monoisotopic (exact) mass is 248 g/mol. The first kappa shape index (κ1) is 13.8. The molecular formula is C10H20N2O3S. The number of thioether (sulfide) groups is 1. The first-order chi connectivity index (χ1) is 7.79. The van der Waals surface area contributed by atoms with Gasteiger partial charge in [-0.2, -0.15) is 11.8 Å². The molecule has 94 valence electrons. The van der Waals surface area contributed by atoms with Crippen molar-refractivity contribution >= 4 is 17.7 Å². The minimum absolute atomic E-state index is 0.00465. The number of amides is 1. The van der Waals surface area contributed by atoms with Gasteiger partial charge >= 0.3 is 0 Å². The molecule has 1 saturated heterocycles. The van der Waals surface area contributed by atoms with Gasteiger partial charge in [0, 0.05) is 38.2 Å². The summed E-state index contributed by atoms with van der Waals surface area (Å²) in [4.78, 5) is 13.7. The third-order valence-corrected chi connectivity index (χ3v) is 3.53. The molecule has 6 heteroatoms. The Morgan fingerprint density at radius 3 is 3.00 bits per heavy atom. The lowest BCUT2D eigenvalue weighted by Gasteiger charge is -2.29. The molecule has 5 nitrogen and oxygen atoms in total. The maximum atomic E-state index is 12.1. The van der Waals surface area contributed by atoms with Gasteiger partial charge in [-0.15, -0.1) is 0 Å². The lowest BCUT2D eigenvalue weighted by molar-refractivity contribution is -0.134. The smallest absolute Gasteiger partial charge is 0.240 e. The molecule has 1 aliphatic rings. The van der Waals surface area contributed by atoms with Crippen LogP contribution >= 0.6 is 11.8 Å². The van der Waals surface area contributed by atoms with Gasteiger partial charge in [0.1, 0.15) is 0 Å². The molecule has 16 heavy (non-hydrogen) atoms. The van der Waals surface area contributed by atoms with Crippen LogP contribution in [0.3, 0.4) is 0 Å². The van der Waals surface area contributed by atoms with E-state index >= 15 is 0 Å². The summed E-state index contributed by atoms with van der Waals surface area (Å²) in [5.74, 6) is 1.94. The van der Waals surface area contributed by atoms with Crippen molar-refractivity contribution in [2.75, 3.05) is 51.5 Å². The molecule has 1 rings (SSSR count). The minimum Gasteiger partial charge on any atom is -0.395 e. The molecule has 0 aromatic heterocycles. The van der Waals surface area contributed by atoms with Crippen molar-refractivity contribution in [1.29, 1.82) is 0 Å². The Morgan fingerprint density at radius 2 is 2.44 bits per heavy atom. The van der Waals surface area contributed by atoms with Crippen molar-refractivity contribution < 1.29 is 14.6 Å². The molecule has 1 fully saturated rings. The second-order valence-electron chi connectivity index (χ2n) is 3.62. The van der Waals surface area contributed by atoms with Crippen molar-refractivity contribution in [3.05, 3.63) is 0 Å². The van der Waals surface area contributed by atoms with E-state index in [9.17, 15) is 4.79 Å². The molecule has 0 bridgehead atoms. The van der Waals surface area contributed by atoms with E-state index in [-0.39, 0.29) is 18.6 Å². The van der Waals surface area contributed by atoms with E-state index in [4.69, 9.17) is 9.84 Å². The molecule has 1 atom stereocenters. The third kappa shape index (κ3) is 4.29. The second-order valence-corrected chi connectivity index (χ2v) is 4.77. The molecule has 0 radical (unpaired) electrons. The number of nitrogens with zero attached hydrogens (tertiary/aromatic N) is 1. The number of aliphatic hydroxyl groups excluding tert-OH is 1. The number of ether oxygens (including phenoxy) is 1. The Labute approximate surface area is 101 Å². The van der Waals surface area contributed by atoms with Crippen LogP contribution in [0.25, 0.3) is 0 Å². The minimum atomic E-state index is -0.109. The fourth-order valence-electron chi connectivity index (χ4n) is 1.60. The third-order valence-electron chi connectivity index (χ3n) is 2.47. The van der Waals surface area contributed by atoms with E-state index in [0.717, 1.165) is 18.1 Å². The van der Waals surface area contributed by atoms with Crippen LogP contribution in [0, 0.1) is 0 Å². The topological polar surface area (TPSA) is 61.8 Å². The van der Waals surface area contributed by atoms with E-state index in [1.165, 1.54) is 0 Å².